The number of hydrogen-bond donors (Lipinski definition) is 2. The first-order valence-electron chi connectivity index (χ1n) is 19.2. The molecule has 2 heterocycles. The molecule has 310 valence electrons. The molecule has 11 nitrogen and oxygen atoms in total. The summed E-state index contributed by atoms with van der Waals surface area (Å²) in [6, 6.07) is 0. The molecule has 0 saturated carbocycles. The van der Waals surface area contributed by atoms with Crippen molar-refractivity contribution in [1.82, 2.24) is 4.72 Å². The molecule has 0 radical (unpaired) electrons. The maximum atomic E-state index is 12.7. The number of aliphatic hydroxyl groups is 1. The van der Waals surface area contributed by atoms with Crippen LogP contribution in [0.2, 0.25) is 72.5 Å². The van der Waals surface area contributed by atoms with Crippen molar-refractivity contribution in [1.29, 1.82) is 0 Å². The molecule has 0 aromatic heterocycles. The van der Waals surface area contributed by atoms with Gasteiger partial charge < -0.3 is 37.0 Å². The highest BCUT2D eigenvalue weighted by atomic mass is 32.2. The summed E-state index contributed by atoms with van der Waals surface area (Å²) in [4.78, 5) is 0. The van der Waals surface area contributed by atoms with Gasteiger partial charge in [0.2, 0.25) is 10.0 Å². The van der Waals surface area contributed by atoms with E-state index in [2.05, 4.69) is 140 Å². The van der Waals surface area contributed by atoms with Gasteiger partial charge in [0.05, 0.1) is 12.4 Å². The minimum absolute atomic E-state index is 0.0187. The zero-order valence-corrected chi connectivity index (χ0v) is 41.6. The summed E-state index contributed by atoms with van der Waals surface area (Å²) in [5, 5.41) is 11.0. The molecular weight excluding hydrogens is 751 g/mol. The van der Waals surface area contributed by atoms with Gasteiger partial charge in [-0.3, -0.25) is 0 Å². The van der Waals surface area contributed by atoms with E-state index in [-0.39, 0.29) is 39.1 Å². The van der Waals surface area contributed by atoms with E-state index in [0.717, 1.165) is 0 Å². The quantitative estimate of drug-likeness (QED) is 0.157. The molecular formula is C36H79NO10SSi4. The SMILES string of the molecule is CCS(=O)(=O)NC[C@H]1O[C@H](OC[C@H]2O[C@H](O)[C@@H](O[Si](C)(C)C(C)(C)C)[C@@H]2O[Si](C)(C)C(C)(C)C)[C@@H](O[Si](C)(C)C(C)(C)C)[C@@H]1O[Si](C)(C)C(C)(C)C. The Balaban J connectivity index is 2.60. The molecule has 0 aliphatic carbocycles. The van der Waals surface area contributed by atoms with E-state index >= 15 is 0 Å². The molecule has 8 atom stereocenters. The molecule has 0 aromatic rings. The first-order chi connectivity index (χ1) is 22.9. The fourth-order valence-corrected chi connectivity index (χ4v) is 10.8. The van der Waals surface area contributed by atoms with Crippen molar-refractivity contribution in [2.24, 2.45) is 0 Å². The highest BCUT2D eigenvalue weighted by Crippen LogP contribution is 2.46. The molecule has 0 spiro atoms. The van der Waals surface area contributed by atoms with Crippen molar-refractivity contribution in [2.45, 2.75) is 212 Å². The lowest BCUT2D eigenvalue weighted by Crippen LogP contribution is -2.55. The number of ether oxygens (including phenoxy) is 3. The molecule has 2 N–H and O–H groups in total. The molecule has 2 rings (SSSR count). The van der Waals surface area contributed by atoms with Gasteiger partial charge in [0.1, 0.15) is 36.6 Å². The number of aliphatic hydroxyl groups excluding tert-OH is 1. The van der Waals surface area contributed by atoms with E-state index in [1.54, 1.807) is 6.92 Å². The first-order valence-corrected chi connectivity index (χ1v) is 32.5. The molecule has 0 unspecified atom stereocenters. The predicted molar refractivity (Wildman–Crippen MR) is 221 cm³/mol. The minimum atomic E-state index is -3.51. The maximum absolute atomic E-state index is 12.7. The van der Waals surface area contributed by atoms with Crippen molar-refractivity contribution in [3.63, 3.8) is 0 Å². The van der Waals surface area contributed by atoms with E-state index in [9.17, 15) is 13.5 Å². The standard InChI is InChI=1S/C36H79NO10SSi4/c1-22-48(39,40)37-23-25-27(44-49(14,15)33(2,3)4)30(47-52(20,21)36(11,12)13)32(43-25)41-24-26-28(45-50(16,17)34(5,6)7)29(31(38)42-26)46-51(18,19)35(8,9)10/h25-32,37-38H,22-24H2,1-21H3/t25-,26-,27-,28-,29+,30+,31+,32+/m1/s1. The van der Waals surface area contributed by atoms with Crippen molar-refractivity contribution < 1.29 is 45.4 Å². The lowest BCUT2D eigenvalue weighted by molar-refractivity contribution is -0.192. The van der Waals surface area contributed by atoms with Crippen LogP contribution >= 0.6 is 0 Å². The van der Waals surface area contributed by atoms with Gasteiger partial charge in [0.25, 0.3) is 0 Å². The summed E-state index contributed by atoms with van der Waals surface area (Å²) < 4.78 is 75.7. The number of rotatable bonds is 15. The van der Waals surface area contributed by atoms with Crippen LogP contribution < -0.4 is 4.72 Å². The normalized spacial score (nSPS) is 29.3. The summed E-state index contributed by atoms with van der Waals surface area (Å²) in [6.45, 7) is 45.2. The van der Waals surface area contributed by atoms with E-state index in [1.165, 1.54) is 0 Å². The van der Waals surface area contributed by atoms with Gasteiger partial charge >= 0.3 is 0 Å². The molecule has 2 fully saturated rings. The van der Waals surface area contributed by atoms with E-state index < -0.39 is 92.5 Å². The van der Waals surface area contributed by atoms with Gasteiger partial charge in [-0.2, -0.15) is 0 Å². The summed E-state index contributed by atoms with van der Waals surface area (Å²) in [6.07, 6.45) is -5.94. The zero-order valence-electron chi connectivity index (χ0n) is 36.8. The third-order valence-corrected chi connectivity index (χ3v) is 32.1. The molecule has 52 heavy (non-hydrogen) atoms. The van der Waals surface area contributed by atoms with Gasteiger partial charge in [0.15, 0.2) is 45.8 Å². The topological polar surface area (TPSA) is 131 Å². The van der Waals surface area contributed by atoms with Crippen LogP contribution in [0.5, 0.6) is 0 Å². The Morgan fingerprint density at radius 2 is 0.923 bits per heavy atom. The van der Waals surface area contributed by atoms with Crippen molar-refractivity contribution in [3.8, 4) is 0 Å². The average Bonchev–Trinajstić information content (AvgIpc) is 3.38. The smallest absolute Gasteiger partial charge is 0.211 e. The molecule has 2 aliphatic heterocycles. The molecule has 2 aliphatic rings. The van der Waals surface area contributed by atoms with Crippen LogP contribution in [0.15, 0.2) is 0 Å². The summed E-state index contributed by atoms with van der Waals surface area (Å²) >= 11 is 0. The first kappa shape index (κ1) is 48.6. The third kappa shape index (κ3) is 11.8. The number of hydrogen-bond acceptors (Lipinski definition) is 10. The fraction of sp³-hybridized carbons (Fsp3) is 1.00. The van der Waals surface area contributed by atoms with E-state index in [0.29, 0.717) is 0 Å². The van der Waals surface area contributed by atoms with Gasteiger partial charge in [-0.05, 0) is 79.5 Å². The Bertz CT molecular complexity index is 1290. The third-order valence-electron chi connectivity index (χ3n) is 12.8. The highest BCUT2D eigenvalue weighted by molar-refractivity contribution is 7.89. The summed E-state index contributed by atoms with van der Waals surface area (Å²) in [7, 11) is -13.1. The van der Waals surface area contributed by atoms with Crippen LogP contribution in [0.4, 0.5) is 0 Å². The lowest BCUT2D eigenvalue weighted by Gasteiger charge is -2.44. The largest absolute Gasteiger partial charge is 0.408 e. The highest BCUT2D eigenvalue weighted by Gasteiger charge is 2.57. The van der Waals surface area contributed by atoms with Gasteiger partial charge in [0, 0.05) is 6.54 Å². The van der Waals surface area contributed by atoms with E-state index in [1.807, 2.05) is 0 Å². The Morgan fingerprint density at radius 3 is 1.29 bits per heavy atom. The van der Waals surface area contributed by atoms with Crippen LogP contribution in [0.3, 0.4) is 0 Å². The second kappa shape index (κ2) is 16.4. The van der Waals surface area contributed by atoms with Gasteiger partial charge in [-0.15, -0.1) is 0 Å². The molecule has 16 heteroatoms. The predicted octanol–water partition coefficient (Wildman–Crippen LogP) is 7.95. The Kier molecular flexibility index (Phi) is 15.3. The fourth-order valence-electron chi connectivity index (χ4n) is 4.94. The number of nitrogens with one attached hydrogen (secondary N) is 1. The zero-order chi connectivity index (χ0) is 40.9. The summed E-state index contributed by atoms with van der Waals surface area (Å²) in [5.74, 6) is -0.0492. The second-order valence-electron chi connectivity index (χ2n) is 21.1. The molecule has 2 saturated heterocycles. The molecule has 0 bridgehead atoms. The molecule has 0 aromatic carbocycles. The Morgan fingerprint density at radius 1 is 0.577 bits per heavy atom. The second-order valence-corrected chi connectivity index (χ2v) is 42.2. The summed E-state index contributed by atoms with van der Waals surface area (Å²) in [5.41, 5.74) is 0. The van der Waals surface area contributed by atoms with Crippen LogP contribution in [0, 0.1) is 0 Å². The lowest BCUT2D eigenvalue weighted by atomic mass is 10.1. The average molecular weight is 830 g/mol. The van der Waals surface area contributed by atoms with Crippen LogP contribution in [0.25, 0.3) is 0 Å². The van der Waals surface area contributed by atoms with Crippen molar-refractivity contribution in [3.05, 3.63) is 0 Å². The minimum Gasteiger partial charge on any atom is -0.408 e. The van der Waals surface area contributed by atoms with Crippen molar-refractivity contribution in [2.75, 3.05) is 18.9 Å². The Hall–Kier alpha value is 0.458. The monoisotopic (exact) mass is 829 g/mol. The Labute approximate surface area is 322 Å². The van der Waals surface area contributed by atoms with Crippen LogP contribution in [-0.2, 0) is 41.9 Å². The number of sulfonamides is 1. The maximum Gasteiger partial charge on any atom is 0.211 e. The van der Waals surface area contributed by atoms with E-state index in [4.69, 9.17) is 31.9 Å². The van der Waals surface area contributed by atoms with Crippen LogP contribution in [-0.4, -0.2) is 115 Å². The van der Waals surface area contributed by atoms with Gasteiger partial charge in [-0.1, -0.05) is 83.1 Å². The van der Waals surface area contributed by atoms with Crippen LogP contribution in [0.1, 0.15) is 90.0 Å². The molecule has 0 amide bonds. The van der Waals surface area contributed by atoms with Gasteiger partial charge in [-0.25, -0.2) is 13.1 Å². The van der Waals surface area contributed by atoms with Crippen molar-refractivity contribution >= 4 is 43.3 Å².